The molecule has 1 rings (SSSR count). The van der Waals surface area contributed by atoms with Gasteiger partial charge in [0, 0.05) is 0 Å². The van der Waals surface area contributed by atoms with Gasteiger partial charge in [0.15, 0.2) is 0 Å². The fourth-order valence-electron chi connectivity index (χ4n) is 0.765. The van der Waals surface area contributed by atoms with Crippen LogP contribution in [0.3, 0.4) is 0 Å². The van der Waals surface area contributed by atoms with Gasteiger partial charge in [0.05, 0.1) is 5.60 Å². The number of hydrogen-bond donors (Lipinski definition) is 1. The Bertz CT molecular complexity index is 92.6. The van der Waals surface area contributed by atoms with Gasteiger partial charge in [0.2, 0.25) is 0 Å². The molecule has 0 spiro atoms. The molecule has 0 aromatic rings. The molecule has 1 saturated carbocycles. The largest absolute Gasteiger partial charge is 0.390 e. The van der Waals surface area contributed by atoms with E-state index in [1.807, 2.05) is 6.08 Å². The molecular formula is C7H12O. The second kappa shape index (κ2) is 1.90. The van der Waals surface area contributed by atoms with Crippen molar-refractivity contribution in [2.24, 2.45) is 0 Å². The average molecular weight is 112 g/mol. The van der Waals surface area contributed by atoms with Crippen molar-refractivity contribution in [2.45, 2.75) is 31.3 Å². The molecule has 1 aliphatic carbocycles. The van der Waals surface area contributed by atoms with E-state index in [0.29, 0.717) is 0 Å². The van der Waals surface area contributed by atoms with E-state index in [4.69, 9.17) is 0 Å². The number of aliphatic hydroxyl groups is 1. The maximum atomic E-state index is 9.21. The Morgan fingerprint density at radius 2 is 2.25 bits per heavy atom. The van der Waals surface area contributed by atoms with Crippen LogP contribution >= 0.6 is 0 Å². The smallest absolute Gasteiger partial charge is 0.0652 e. The molecule has 1 nitrogen and oxygen atoms in total. The molecule has 0 heterocycles. The maximum absolute atomic E-state index is 9.21. The summed E-state index contributed by atoms with van der Waals surface area (Å²) in [4.78, 5) is 0. The van der Waals surface area contributed by atoms with Gasteiger partial charge in [-0.25, -0.2) is 0 Å². The van der Waals surface area contributed by atoms with Crippen LogP contribution in [0.1, 0.15) is 25.7 Å². The molecule has 0 unspecified atom stereocenters. The summed E-state index contributed by atoms with van der Waals surface area (Å²) in [6, 6.07) is 0. The fourth-order valence-corrected chi connectivity index (χ4v) is 0.765. The Balaban J connectivity index is 2.09. The highest BCUT2D eigenvalue weighted by atomic mass is 16.3. The molecule has 8 heavy (non-hydrogen) atoms. The summed E-state index contributed by atoms with van der Waals surface area (Å²) >= 11 is 0. The van der Waals surface area contributed by atoms with Crippen molar-refractivity contribution in [1.82, 2.24) is 0 Å². The molecule has 0 radical (unpaired) electrons. The van der Waals surface area contributed by atoms with Gasteiger partial charge >= 0.3 is 0 Å². The van der Waals surface area contributed by atoms with Crippen LogP contribution in [0.4, 0.5) is 0 Å². The van der Waals surface area contributed by atoms with Crippen molar-refractivity contribution < 1.29 is 5.11 Å². The third-order valence-corrected chi connectivity index (χ3v) is 1.64. The Hall–Kier alpha value is -0.300. The highest BCUT2D eigenvalue weighted by Crippen LogP contribution is 2.39. The first-order chi connectivity index (χ1) is 3.77. The van der Waals surface area contributed by atoms with Crippen molar-refractivity contribution in [3.05, 3.63) is 12.7 Å². The van der Waals surface area contributed by atoms with Crippen molar-refractivity contribution in [3.63, 3.8) is 0 Å². The van der Waals surface area contributed by atoms with Crippen LogP contribution in [0.25, 0.3) is 0 Å². The van der Waals surface area contributed by atoms with Gasteiger partial charge in [-0.1, -0.05) is 6.08 Å². The molecule has 1 fully saturated rings. The first-order valence-corrected chi connectivity index (χ1v) is 3.10. The fraction of sp³-hybridized carbons (Fsp3) is 0.714. The van der Waals surface area contributed by atoms with Crippen molar-refractivity contribution >= 4 is 0 Å². The minimum absolute atomic E-state index is 0.270. The summed E-state index contributed by atoms with van der Waals surface area (Å²) in [6.45, 7) is 3.58. The highest BCUT2D eigenvalue weighted by molar-refractivity contribution is 4.94. The number of allylic oxidation sites excluding steroid dienone is 1. The van der Waals surface area contributed by atoms with Crippen LogP contribution in [0.15, 0.2) is 12.7 Å². The van der Waals surface area contributed by atoms with Crippen LogP contribution in [-0.2, 0) is 0 Å². The molecule has 1 heteroatoms. The number of rotatable bonds is 3. The van der Waals surface area contributed by atoms with Crippen molar-refractivity contribution in [3.8, 4) is 0 Å². The summed E-state index contributed by atoms with van der Waals surface area (Å²) < 4.78 is 0. The molecule has 0 bridgehead atoms. The van der Waals surface area contributed by atoms with Gasteiger partial charge in [-0.15, -0.1) is 6.58 Å². The van der Waals surface area contributed by atoms with E-state index in [0.717, 1.165) is 25.7 Å². The van der Waals surface area contributed by atoms with E-state index in [2.05, 4.69) is 6.58 Å². The molecule has 0 amide bonds. The van der Waals surface area contributed by atoms with Gasteiger partial charge in [-0.05, 0) is 25.7 Å². The van der Waals surface area contributed by atoms with Gasteiger partial charge < -0.3 is 5.11 Å². The van der Waals surface area contributed by atoms with Gasteiger partial charge in [-0.2, -0.15) is 0 Å². The zero-order chi connectivity index (χ0) is 6.04. The predicted octanol–water partition coefficient (Wildman–Crippen LogP) is 1.48. The Morgan fingerprint density at radius 1 is 1.62 bits per heavy atom. The average Bonchev–Trinajstić information content (AvgIpc) is 2.45. The summed E-state index contributed by atoms with van der Waals surface area (Å²) in [5.41, 5.74) is -0.270. The van der Waals surface area contributed by atoms with E-state index < -0.39 is 0 Å². The first kappa shape index (κ1) is 5.83. The summed E-state index contributed by atoms with van der Waals surface area (Å²) in [5, 5.41) is 9.21. The van der Waals surface area contributed by atoms with Crippen LogP contribution in [0.5, 0.6) is 0 Å². The number of hydrogen-bond acceptors (Lipinski definition) is 1. The highest BCUT2D eigenvalue weighted by Gasteiger charge is 2.38. The molecule has 46 valence electrons. The zero-order valence-electron chi connectivity index (χ0n) is 5.06. The quantitative estimate of drug-likeness (QED) is 0.548. The lowest BCUT2D eigenvalue weighted by atomic mass is 10.2. The lowest BCUT2D eigenvalue weighted by Gasteiger charge is -2.01. The molecule has 0 aromatic carbocycles. The molecule has 0 saturated heterocycles. The van der Waals surface area contributed by atoms with Gasteiger partial charge in [0.1, 0.15) is 0 Å². The second-order valence-electron chi connectivity index (χ2n) is 2.55. The minimum atomic E-state index is -0.270. The summed E-state index contributed by atoms with van der Waals surface area (Å²) in [5.74, 6) is 0. The van der Waals surface area contributed by atoms with E-state index >= 15 is 0 Å². The van der Waals surface area contributed by atoms with Crippen molar-refractivity contribution in [2.75, 3.05) is 0 Å². The SMILES string of the molecule is C=CCCC1(O)CC1. The molecule has 1 aliphatic rings. The van der Waals surface area contributed by atoms with Crippen LogP contribution in [0, 0.1) is 0 Å². The zero-order valence-corrected chi connectivity index (χ0v) is 5.06. The Kier molecular flexibility index (Phi) is 1.39. The molecule has 0 atom stereocenters. The minimum Gasteiger partial charge on any atom is -0.390 e. The lowest BCUT2D eigenvalue weighted by molar-refractivity contribution is 0.141. The molecule has 0 aromatic heterocycles. The monoisotopic (exact) mass is 112 g/mol. The van der Waals surface area contributed by atoms with E-state index in [-0.39, 0.29) is 5.60 Å². The normalized spacial score (nSPS) is 22.6. The Morgan fingerprint density at radius 3 is 2.62 bits per heavy atom. The van der Waals surface area contributed by atoms with Gasteiger partial charge in [-0.3, -0.25) is 0 Å². The second-order valence-corrected chi connectivity index (χ2v) is 2.55. The Labute approximate surface area is 50.0 Å². The predicted molar refractivity (Wildman–Crippen MR) is 33.6 cm³/mol. The first-order valence-electron chi connectivity index (χ1n) is 3.10. The molecule has 0 aliphatic heterocycles. The maximum Gasteiger partial charge on any atom is 0.0652 e. The van der Waals surface area contributed by atoms with E-state index in [9.17, 15) is 5.11 Å². The third-order valence-electron chi connectivity index (χ3n) is 1.64. The van der Waals surface area contributed by atoms with E-state index in [1.54, 1.807) is 0 Å². The van der Waals surface area contributed by atoms with Crippen molar-refractivity contribution in [1.29, 1.82) is 0 Å². The lowest BCUT2D eigenvalue weighted by Crippen LogP contribution is -2.04. The third kappa shape index (κ3) is 1.34. The standard InChI is InChI=1S/C7H12O/c1-2-3-4-7(8)5-6-7/h2,8H,1,3-6H2. The van der Waals surface area contributed by atoms with Crippen LogP contribution < -0.4 is 0 Å². The topological polar surface area (TPSA) is 20.2 Å². The molecule has 1 N–H and O–H groups in total. The molecular weight excluding hydrogens is 100 g/mol. The van der Waals surface area contributed by atoms with Crippen LogP contribution in [0.2, 0.25) is 0 Å². The van der Waals surface area contributed by atoms with Gasteiger partial charge in [0.25, 0.3) is 0 Å². The summed E-state index contributed by atoms with van der Waals surface area (Å²) in [7, 11) is 0. The summed E-state index contributed by atoms with van der Waals surface area (Å²) in [6.07, 6.45) is 5.73. The van der Waals surface area contributed by atoms with E-state index in [1.165, 1.54) is 0 Å². The van der Waals surface area contributed by atoms with Crippen LogP contribution in [-0.4, -0.2) is 10.7 Å².